The average Bonchev–Trinajstić information content (AvgIpc) is 2.68. The van der Waals surface area contributed by atoms with Gasteiger partial charge in [0.25, 0.3) is 0 Å². The smallest absolute Gasteiger partial charge is 0.317 e. The molecule has 144 valence electrons. The fourth-order valence-corrected chi connectivity index (χ4v) is 3.79. The second-order valence-electron chi connectivity index (χ2n) is 7.21. The van der Waals surface area contributed by atoms with Gasteiger partial charge in [-0.15, -0.1) is 0 Å². The molecular weight excluding hydrogens is 340 g/mol. The summed E-state index contributed by atoms with van der Waals surface area (Å²) < 4.78 is 5.46. The number of aliphatic carboxylic acids is 1. The van der Waals surface area contributed by atoms with Crippen LogP contribution in [0.5, 0.6) is 5.75 Å². The lowest BCUT2D eigenvalue weighted by Crippen LogP contribution is -2.44. The van der Waals surface area contributed by atoms with Crippen LogP contribution in [0.3, 0.4) is 0 Å². The molecular formula is C22H28N2O3. The van der Waals surface area contributed by atoms with Gasteiger partial charge in [-0.1, -0.05) is 42.5 Å². The van der Waals surface area contributed by atoms with Crippen LogP contribution in [-0.4, -0.2) is 60.7 Å². The van der Waals surface area contributed by atoms with Gasteiger partial charge in [0.05, 0.1) is 13.7 Å². The molecule has 0 aromatic heterocycles. The maximum Gasteiger partial charge on any atom is 0.317 e. The molecule has 2 aromatic carbocycles. The first kappa shape index (κ1) is 19.4. The van der Waals surface area contributed by atoms with E-state index in [1.807, 2.05) is 30.1 Å². The Morgan fingerprint density at radius 1 is 1.15 bits per heavy atom. The van der Waals surface area contributed by atoms with Crippen molar-refractivity contribution in [2.24, 2.45) is 0 Å². The highest BCUT2D eigenvalue weighted by Crippen LogP contribution is 2.29. The zero-order chi connectivity index (χ0) is 19.2. The van der Waals surface area contributed by atoms with Crippen molar-refractivity contribution in [3.63, 3.8) is 0 Å². The van der Waals surface area contributed by atoms with E-state index in [0.29, 0.717) is 6.04 Å². The molecule has 0 atom stereocenters. The molecule has 2 aromatic rings. The molecule has 0 radical (unpaired) electrons. The monoisotopic (exact) mass is 368 g/mol. The number of nitrogens with zero attached hydrogens (tertiary/aromatic N) is 2. The van der Waals surface area contributed by atoms with Crippen molar-refractivity contribution in [2.45, 2.75) is 25.4 Å². The first-order valence-electron chi connectivity index (χ1n) is 9.43. The predicted octanol–water partition coefficient (Wildman–Crippen LogP) is 3.34. The van der Waals surface area contributed by atoms with Crippen molar-refractivity contribution < 1.29 is 14.6 Å². The highest BCUT2D eigenvalue weighted by atomic mass is 16.5. The third-order valence-electron chi connectivity index (χ3n) is 5.34. The summed E-state index contributed by atoms with van der Waals surface area (Å²) in [6.07, 6.45) is 2.03. The van der Waals surface area contributed by atoms with Gasteiger partial charge in [-0.05, 0) is 50.2 Å². The molecule has 0 spiro atoms. The van der Waals surface area contributed by atoms with E-state index in [2.05, 4.69) is 35.2 Å². The van der Waals surface area contributed by atoms with E-state index in [-0.39, 0.29) is 6.54 Å². The number of likely N-dealkylation sites (N-methyl/N-ethyl adjacent to an activating group) is 1. The Morgan fingerprint density at radius 2 is 1.81 bits per heavy atom. The second kappa shape index (κ2) is 9.02. The molecule has 1 aliphatic rings. The molecule has 1 saturated heterocycles. The van der Waals surface area contributed by atoms with Crippen LogP contribution in [0.15, 0.2) is 48.5 Å². The number of methoxy groups -OCH3 is 1. The number of carbonyl (C=O) groups is 1. The zero-order valence-electron chi connectivity index (χ0n) is 16.1. The van der Waals surface area contributed by atoms with Crippen molar-refractivity contribution in [3.8, 4) is 16.9 Å². The van der Waals surface area contributed by atoms with Crippen LogP contribution < -0.4 is 4.74 Å². The van der Waals surface area contributed by atoms with Crippen molar-refractivity contribution in [1.29, 1.82) is 0 Å². The van der Waals surface area contributed by atoms with E-state index in [9.17, 15) is 4.79 Å². The van der Waals surface area contributed by atoms with E-state index in [1.165, 1.54) is 5.56 Å². The number of para-hydroxylation sites is 1. The molecule has 0 bridgehead atoms. The first-order valence-corrected chi connectivity index (χ1v) is 9.43. The van der Waals surface area contributed by atoms with Gasteiger partial charge in [0.2, 0.25) is 0 Å². The number of piperidine rings is 1. The van der Waals surface area contributed by atoms with Gasteiger partial charge >= 0.3 is 5.97 Å². The Balaban J connectivity index is 1.56. The maximum absolute atomic E-state index is 10.9. The quantitative estimate of drug-likeness (QED) is 0.812. The highest BCUT2D eigenvalue weighted by molar-refractivity contribution is 5.70. The Kier molecular flexibility index (Phi) is 6.48. The van der Waals surface area contributed by atoms with Crippen LogP contribution in [0.2, 0.25) is 0 Å². The van der Waals surface area contributed by atoms with Crippen LogP contribution in [0, 0.1) is 0 Å². The molecule has 27 heavy (non-hydrogen) atoms. The van der Waals surface area contributed by atoms with Crippen LogP contribution in [0.25, 0.3) is 11.1 Å². The van der Waals surface area contributed by atoms with Gasteiger partial charge in [-0.25, -0.2) is 0 Å². The lowest BCUT2D eigenvalue weighted by Gasteiger charge is -2.36. The minimum Gasteiger partial charge on any atom is -0.496 e. The van der Waals surface area contributed by atoms with Crippen LogP contribution in [0.4, 0.5) is 0 Å². The number of carboxylic acid groups (broad SMARTS) is 1. The lowest BCUT2D eigenvalue weighted by molar-refractivity contribution is -0.138. The van der Waals surface area contributed by atoms with E-state index in [1.54, 1.807) is 7.11 Å². The minimum atomic E-state index is -0.755. The van der Waals surface area contributed by atoms with Crippen molar-refractivity contribution in [2.75, 3.05) is 33.8 Å². The number of carboxylic acids is 1. The van der Waals surface area contributed by atoms with E-state index in [4.69, 9.17) is 9.84 Å². The SMILES string of the molecule is COc1ccccc1-c1ccc(CN2CCC(N(C)CC(=O)O)CC2)cc1. The van der Waals surface area contributed by atoms with Crippen molar-refractivity contribution in [1.82, 2.24) is 9.80 Å². The van der Waals surface area contributed by atoms with Gasteiger partial charge < -0.3 is 9.84 Å². The van der Waals surface area contributed by atoms with Gasteiger partial charge in [0, 0.05) is 18.2 Å². The Morgan fingerprint density at radius 3 is 2.44 bits per heavy atom. The summed E-state index contributed by atoms with van der Waals surface area (Å²) in [6, 6.07) is 17.1. The largest absolute Gasteiger partial charge is 0.496 e. The molecule has 0 aliphatic carbocycles. The minimum absolute atomic E-state index is 0.120. The molecule has 0 unspecified atom stereocenters. The summed E-state index contributed by atoms with van der Waals surface area (Å²) in [5.74, 6) is 0.132. The molecule has 1 N–H and O–H groups in total. The molecule has 1 heterocycles. The fourth-order valence-electron chi connectivity index (χ4n) is 3.79. The van der Waals surface area contributed by atoms with Gasteiger partial charge in [-0.2, -0.15) is 0 Å². The van der Waals surface area contributed by atoms with Crippen LogP contribution in [-0.2, 0) is 11.3 Å². The maximum atomic E-state index is 10.9. The highest BCUT2D eigenvalue weighted by Gasteiger charge is 2.23. The van der Waals surface area contributed by atoms with Gasteiger partial charge in [0.1, 0.15) is 5.75 Å². The Labute approximate surface area is 161 Å². The Hall–Kier alpha value is -2.37. The van der Waals surface area contributed by atoms with Crippen molar-refractivity contribution >= 4 is 5.97 Å². The first-order chi connectivity index (χ1) is 13.1. The topological polar surface area (TPSA) is 53.0 Å². The average molecular weight is 368 g/mol. The summed E-state index contributed by atoms with van der Waals surface area (Å²) in [7, 11) is 3.61. The van der Waals surface area contributed by atoms with Crippen LogP contribution in [0.1, 0.15) is 18.4 Å². The van der Waals surface area contributed by atoms with Gasteiger partial charge in [-0.3, -0.25) is 14.6 Å². The number of hydrogen-bond donors (Lipinski definition) is 1. The Bertz CT molecular complexity index is 752. The summed E-state index contributed by atoms with van der Waals surface area (Å²) in [4.78, 5) is 15.3. The summed E-state index contributed by atoms with van der Waals surface area (Å²) in [6.45, 7) is 3.06. The molecule has 5 heteroatoms. The van der Waals surface area contributed by atoms with Gasteiger partial charge in [0.15, 0.2) is 0 Å². The number of benzene rings is 2. The van der Waals surface area contributed by atoms with Crippen molar-refractivity contribution in [3.05, 3.63) is 54.1 Å². The number of ether oxygens (including phenoxy) is 1. The normalized spacial score (nSPS) is 15.8. The predicted molar refractivity (Wildman–Crippen MR) is 107 cm³/mol. The lowest BCUT2D eigenvalue weighted by atomic mass is 10.0. The number of hydrogen-bond acceptors (Lipinski definition) is 4. The summed E-state index contributed by atoms with van der Waals surface area (Å²) in [5.41, 5.74) is 3.56. The fraction of sp³-hybridized carbons (Fsp3) is 0.409. The number of likely N-dealkylation sites (tertiary alicyclic amines) is 1. The molecule has 0 amide bonds. The van der Waals surface area contributed by atoms with Crippen LogP contribution >= 0.6 is 0 Å². The third-order valence-corrected chi connectivity index (χ3v) is 5.34. The molecule has 5 nitrogen and oxygen atoms in total. The summed E-state index contributed by atoms with van der Waals surface area (Å²) in [5, 5.41) is 8.94. The third kappa shape index (κ3) is 5.08. The zero-order valence-corrected chi connectivity index (χ0v) is 16.1. The molecule has 0 saturated carbocycles. The molecule has 1 aliphatic heterocycles. The number of rotatable bonds is 7. The second-order valence-corrected chi connectivity index (χ2v) is 7.21. The van der Waals surface area contributed by atoms with E-state index < -0.39 is 5.97 Å². The summed E-state index contributed by atoms with van der Waals surface area (Å²) >= 11 is 0. The van der Waals surface area contributed by atoms with E-state index >= 15 is 0 Å². The molecule has 3 rings (SSSR count). The standard InChI is InChI=1S/C22H28N2O3/c1-23(16-22(25)26)19-11-13-24(14-12-19)15-17-7-9-18(10-8-17)20-5-3-4-6-21(20)27-2/h3-10,19H,11-16H2,1-2H3,(H,25,26). The van der Waals surface area contributed by atoms with E-state index in [0.717, 1.165) is 49.4 Å². The molecule has 1 fully saturated rings.